The monoisotopic (exact) mass is 434 g/mol. The molecule has 104 valence electrons. The Hall–Kier alpha value is -0.700. The summed E-state index contributed by atoms with van der Waals surface area (Å²) in [7, 11) is -3.21. The van der Waals surface area contributed by atoms with E-state index in [1.165, 1.54) is 6.26 Å². The molecule has 0 radical (unpaired) electrons. The third-order valence-corrected chi connectivity index (χ3v) is 7.13. The lowest BCUT2D eigenvalue weighted by Gasteiger charge is -1.96. The smallest absolute Gasteiger partial charge is 0.175 e. The van der Waals surface area contributed by atoms with Gasteiger partial charge in [0.1, 0.15) is 5.82 Å². The molecule has 0 atom stereocenters. The zero-order valence-corrected chi connectivity index (χ0v) is 15.0. The van der Waals surface area contributed by atoms with Crippen LogP contribution in [0.2, 0.25) is 0 Å². The quantitative estimate of drug-likeness (QED) is 0.655. The first-order valence-electron chi connectivity index (χ1n) is 5.49. The summed E-state index contributed by atoms with van der Waals surface area (Å²) in [5, 5.41) is 0. The summed E-state index contributed by atoms with van der Waals surface area (Å²) in [5.41, 5.74) is 1.46. The van der Waals surface area contributed by atoms with Crippen LogP contribution in [0, 0.1) is 0 Å². The van der Waals surface area contributed by atoms with Gasteiger partial charge in [-0.25, -0.2) is 13.4 Å². The van der Waals surface area contributed by atoms with Crippen molar-refractivity contribution >= 4 is 64.1 Å². The zero-order chi connectivity index (χ0) is 14.5. The van der Waals surface area contributed by atoms with Gasteiger partial charge < -0.3 is 4.98 Å². The number of H-pyrrole nitrogens is 1. The predicted octanol–water partition coefficient (Wildman–Crippen LogP) is 4.22. The van der Waals surface area contributed by atoms with Gasteiger partial charge in [-0.15, -0.1) is 11.3 Å². The van der Waals surface area contributed by atoms with Crippen molar-refractivity contribution in [2.24, 2.45) is 0 Å². The number of nitrogens with zero attached hydrogens (tertiary/aromatic N) is 1. The number of aromatic amines is 1. The van der Waals surface area contributed by atoms with Gasteiger partial charge >= 0.3 is 0 Å². The molecular weight excluding hydrogens is 428 g/mol. The number of sulfone groups is 1. The molecule has 0 bridgehead atoms. The number of nitrogens with one attached hydrogen (secondary N) is 1. The van der Waals surface area contributed by atoms with Crippen molar-refractivity contribution in [3.05, 3.63) is 32.5 Å². The number of rotatable bonds is 2. The van der Waals surface area contributed by atoms with Crippen molar-refractivity contribution in [3.8, 4) is 10.7 Å². The number of hydrogen-bond acceptors (Lipinski definition) is 4. The fourth-order valence-electron chi connectivity index (χ4n) is 1.80. The molecule has 0 saturated heterocycles. The number of halogens is 2. The Balaban J connectivity index is 2.16. The van der Waals surface area contributed by atoms with E-state index in [1.54, 1.807) is 29.5 Å². The summed E-state index contributed by atoms with van der Waals surface area (Å²) < 4.78 is 25.1. The van der Waals surface area contributed by atoms with E-state index in [9.17, 15) is 8.42 Å². The van der Waals surface area contributed by atoms with E-state index in [0.717, 1.165) is 24.5 Å². The highest BCUT2D eigenvalue weighted by Crippen LogP contribution is 2.37. The largest absolute Gasteiger partial charge is 0.337 e. The van der Waals surface area contributed by atoms with Crippen molar-refractivity contribution in [2.45, 2.75) is 4.90 Å². The van der Waals surface area contributed by atoms with Gasteiger partial charge in [-0.2, -0.15) is 0 Å². The van der Waals surface area contributed by atoms with Crippen LogP contribution >= 0.6 is 43.2 Å². The maximum atomic E-state index is 11.6. The van der Waals surface area contributed by atoms with Crippen LogP contribution in [-0.4, -0.2) is 24.6 Å². The molecule has 3 aromatic rings. The van der Waals surface area contributed by atoms with Gasteiger partial charge in [0.15, 0.2) is 9.84 Å². The zero-order valence-electron chi connectivity index (χ0n) is 10.1. The molecule has 8 heteroatoms. The molecule has 1 N–H and O–H groups in total. The number of fused-ring (bicyclic) bond motifs is 1. The van der Waals surface area contributed by atoms with Crippen molar-refractivity contribution in [3.63, 3.8) is 0 Å². The topological polar surface area (TPSA) is 62.8 Å². The fourth-order valence-corrected chi connectivity index (χ4v) is 4.43. The van der Waals surface area contributed by atoms with E-state index in [0.29, 0.717) is 5.52 Å². The molecule has 0 aliphatic heterocycles. The Bertz CT molecular complexity index is 893. The van der Waals surface area contributed by atoms with E-state index in [-0.39, 0.29) is 4.90 Å². The van der Waals surface area contributed by atoms with E-state index in [2.05, 4.69) is 41.8 Å². The second-order valence-corrected chi connectivity index (χ2v) is 9.51. The van der Waals surface area contributed by atoms with E-state index in [1.807, 2.05) is 6.07 Å². The maximum absolute atomic E-state index is 11.6. The number of imidazole rings is 1. The van der Waals surface area contributed by atoms with E-state index >= 15 is 0 Å². The molecule has 3 rings (SSSR count). The standard InChI is InChI=1S/C12H8Br2N2O2S2/c1-20(17,18)6-2-3-8-9(4-6)16-12(15-8)10-5-7(13)11(14)19-10/h2-5H,1H3,(H,15,16). The average molecular weight is 436 g/mol. The SMILES string of the molecule is CS(=O)(=O)c1ccc2nc(-c3cc(Br)c(Br)s3)[nH]c2c1. The molecule has 4 nitrogen and oxygen atoms in total. The van der Waals surface area contributed by atoms with Crippen LogP contribution in [0.15, 0.2) is 37.4 Å². The minimum Gasteiger partial charge on any atom is -0.337 e. The van der Waals surface area contributed by atoms with Crippen LogP contribution in [0.25, 0.3) is 21.7 Å². The Morgan fingerprint density at radius 2 is 2.00 bits per heavy atom. The second-order valence-electron chi connectivity index (χ2n) is 4.27. The third kappa shape index (κ3) is 2.57. The average Bonchev–Trinajstić information content (AvgIpc) is 2.91. The molecule has 0 unspecified atom stereocenters. The highest BCUT2D eigenvalue weighted by atomic mass is 79.9. The van der Waals surface area contributed by atoms with Gasteiger partial charge in [-0.05, 0) is 56.1 Å². The summed E-state index contributed by atoms with van der Waals surface area (Å²) in [5.74, 6) is 0.724. The van der Waals surface area contributed by atoms with Gasteiger partial charge in [0.25, 0.3) is 0 Å². The normalized spacial score (nSPS) is 12.2. The van der Waals surface area contributed by atoms with Gasteiger partial charge in [0, 0.05) is 10.7 Å². The van der Waals surface area contributed by atoms with Gasteiger partial charge in [0.2, 0.25) is 0 Å². The predicted molar refractivity (Wildman–Crippen MR) is 87.9 cm³/mol. The Kier molecular flexibility index (Phi) is 3.52. The lowest BCUT2D eigenvalue weighted by molar-refractivity contribution is 0.602. The van der Waals surface area contributed by atoms with Crippen LogP contribution in [0.4, 0.5) is 0 Å². The van der Waals surface area contributed by atoms with Crippen molar-refractivity contribution < 1.29 is 8.42 Å². The third-order valence-electron chi connectivity index (χ3n) is 2.76. The Morgan fingerprint density at radius 1 is 1.25 bits per heavy atom. The van der Waals surface area contributed by atoms with Crippen LogP contribution in [0.5, 0.6) is 0 Å². The first kappa shape index (κ1) is 14.2. The van der Waals surface area contributed by atoms with Crippen molar-refractivity contribution in [2.75, 3.05) is 6.26 Å². The molecule has 20 heavy (non-hydrogen) atoms. The molecule has 0 saturated carbocycles. The molecule has 1 aromatic carbocycles. The molecule has 0 spiro atoms. The number of thiophene rings is 1. The summed E-state index contributed by atoms with van der Waals surface area (Å²) in [6.45, 7) is 0. The molecule has 0 fully saturated rings. The number of aromatic nitrogens is 2. The number of benzene rings is 1. The molecule has 2 heterocycles. The van der Waals surface area contributed by atoms with Gasteiger partial charge in [0.05, 0.1) is 24.6 Å². The first-order valence-corrected chi connectivity index (χ1v) is 9.79. The summed E-state index contributed by atoms with van der Waals surface area (Å²) >= 11 is 8.43. The molecule has 0 aliphatic rings. The fraction of sp³-hybridized carbons (Fsp3) is 0.0833. The lowest BCUT2D eigenvalue weighted by atomic mass is 10.3. The highest BCUT2D eigenvalue weighted by Gasteiger charge is 2.13. The molecule has 2 aromatic heterocycles. The van der Waals surface area contributed by atoms with Crippen molar-refractivity contribution in [1.29, 1.82) is 0 Å². The van der Waals surface area contributed by atoms with E-state index < -0.39 is 9.84 Å². The number of hydrogen-bond donors (Lipinski definition) is 1. The van der Waals surface area contributed by atoms with Gasteiger partial charge in [-0.1, -0.05) is 0 Å². The Labute approximate surface area is 136 Å². The Morgan fingerprint density at radius 3 is 2.60 bits per heavy atom. The van der Waals surface area contributed by atoms with Crippen LogP contribution in [0.3, 0.4) is 0 Å². The highest BCUT2D eigenvalue weighted by molar-refractivity contribution is 9.13. The van der Waals surface area contributed by atoms with E-state index in [4.69, 9.17) is 0 Å². The lowest BCUT2D eigenvalue weighted by Crippen LogP contribution is -1.96. The first-order chi connectivity index (χ1) is 9.34. The minimum atomic E-state index is -3.21. The molecular formula is C12H8Br2N2O2S2. The molecule has 0 aliphatic carbocycles. The second kappa shape index (κ2) is 4.94. The van der Waals surface area contributed by atoms with Crippen LogP contribution < -0.4 is 0 Å². The van der Waals surface area contributed by atoms with Crippen LogP contribution in [-0.2, 0) is 9.84 Å². The summed E-state index contributed by atoms with van der Waals surface area (Å²) in [4.78, 5) is 8.90. The minimum absolute atomic E-state index is 0.286. The molecule has 0 amide bonds. The summed E-state index contributed by atoms with van der Waals surface area (Å²) in [6, 6.07) is 6.86. The maximum Gasteiger partial charge on any atom is 0.175 e. The van der Waals surface area contributed by atoms with Gasteiger partial charge in [-0.3, -0.25) is 0 Å². The van der Waals surface area contributed by atoms with Crippen molar-refractivity contribution in [1.82, 2.24) is 9.97 Å². The van der Waals surface area contributed by atoms with Crippen LogP contribution in [0.1, 0.15) is 0 Å². The summed E-state index contributed by atoms with van der Waals surface area (Å²) in [6.07, 6.45) is 1.19.